The fourth-order valence-corrected chi connectivity index (χ4v) is 3.15. The van der Waals surface area contributed by atoms with Crippen molar-refractivity contribution in [2.24, 2.45) is 0 Å². The van der Waals surface area contributed by atoms with E-state index in [1.54, 1.807) is 54.4 Å². The van der Waals surface area contributed by atoms with Gasteiger partial charge in [-0.3, -0.25) is 19.9 Å². The third-order valence-corrected chi connectivity index (χ3v) is 4.85. The molecule has 1 aromatic carbocycles. The van der Waals surface area contributed by atoms with E-state index in [-0.39, 0.29) is 23.6 Å². The van der Waals surface area contributed by atoms with E-state index in [0.29, 0.717) is 5.56 Å². The zero-order chi connectivity index (χ0) is 22.2. The van der Waals surface area contributed by atoms with Gasteiger partial charge in [0.05, 0.1) is 5.56 Å². The molecule has 0 bridgehead atoms. The fraction of sp³-hybridized carbons (Fsp3) is 0.0909. The number of hydrogen-bond donors (Lipinski definition) is 1. The molecule has 1 aromatic heterocycles. The van der Waals surface area contributed by atoms with Crippen molar-refractivity contribution in [1.82, 2.24) is 15.3 Å². The van der Waals surface area contributed by atoms with Gasteiger partial charge >= 0.3 is 12.1 Å². The molecule has 2 aromatic rings. The summed E-state index contributed by atoms with van der Waals surface area (Å²) in [7, 11) is 0. The first-order valence-corrected chi connectivity index (χ1v) is 10.2. The molecule has 8 nitrogen and oxygen atoms in total. The third kappa shape index (κ3) is 5.55. The van der Waals surface area contributed by atoms with Crippen LogP contribution in [0.4, 0.5) is 4.79 Å². The Morgan fingerprint density at radius 3 is 2.16 bits per heavy atom. The SMILES string of the molecule is CCN(NC(=O)c1ccc(C(=O)N2C=CC=CC=C2)cc1)C(=O)OC(=O)c1ccsc1. The Balaban J connectivity index is 1.61. The molecule has 0 saturated carbocycles. The van der Waals surface area contributed by atoms with Gasteiger partial charge in [-0.15, -0.1) is 0 Å². The molecule has 0 atom stereocenters. The van der Waals surface area contributed by atoms with Crippen molar-refractivity contribution in [2.75, 3.05) is 6.54 Å². The van der Waals surface area contributed by atoms with Gasteiger partial charge in [-0.1, -0.05) is 12.2 Å². The van der Waals surface area contributed by atoms with Crippen LogP contribution in [0.5, 0.6) is 0 Å². The molecule has 1 aliphatic rings. The molecule has 158 valence electrons. The molecule has 0 unspecified atom stereocenters. The van der Waals surface area contributed by atoms with Crippen molar-refractivity contribution in [3.8, 4) is 0 Å². The van der Waals surface area contributed by atoms with Gasteiger partial charge in [0.25, 0.3) is 11.8 Å². The molecule has 2 heterocycles. The van der Waals surface area contributed by atoms with Crippen molar-refractivity contribution in [3.63, 3.8) is 0 Å². The molecule has 1 aliphatic heterocycles. The highest BCUT2D eigenvalue weighted by Crippen LogP contribution is 2.11. The van der Waals surface area contributed by atoms with E-state index in [4.69, 9.17) is 4.74 Å². The number of ether oxygens (including phenoxy) is 1. The normalized spacial score (nSPS) is 12.2. The summed E-state index contributed by atoms with van der Waals surface area (Å²) < 4.78 is 4.78. The van der Waals surface area contributed by atoms with Gasteiger partial charge in [0.15, 0.2) is 0 Å². The minimum Gasteiger partial charge on any atom is -0.371 e. The minimum atomic E-state index is -0.993. The monoisotopic (exact) mass is 437 g/mol. The molecule has 0 saturated heterocycles. The predicted octanol–water partition coefficient (Wildman–Crippen LogP) is 3.73. The molecule has 1 N–H and O–H groups in total. The predicted molar refractivity (Wildman–Crippen MR) is 115 cm³/mol. The number of nitrogens with zero attached hydrogens (tertiary/aromatic N) is 2. The highest BCUT2D eigenvalue weighted by atomic mass is 32.1. The Labute approximate surface area is 182 Å². The Morgan fingerprint density at radius 1 is 0.935 bits per heavy atom. The first-order valence-electron chi connectivity index (χ1n) is 9.31. The summed E-state index contributed by atoms with van der Waals surface area (Å²) in [5.74, 6) is -1.64. The smallest absolute Gasteiger partial charge is 0.371 e. The van der Waals surface area contributed by atoms with Crippen LogP contribution in [0.2, 0.25) is 0 Å². The molecule has 0 spiro atoms. The Kier molecular flexibility index (Phi) is 7.13. The number of benzene rings is 1. The van der Waals surface area contributed by atoms with Crippen LogP contribution in [0, 0.1) is 0 Å². The summed E-state index contributed by atoms with van der Waals surface area (Å²) in [6.07, 6.45) is 9.34. The molecular formula is C22H19N3O5S. The molecular weight excluding hydrogens is 418 g/mol. The number of thiophene rings is 1. The number of rotatable bonds is 4. The van der Waals surface area contributed by atoms with Gasteiger partial charge in [-0.2, -0.15) is 11.3 Å². The summed E-state index contributed by atoms with van der Waals surface area (Å²) >= 11 is 1.30. The zero-order valence-corrected chi connectivity index (χ0v) is 17.4. The van der Waals surface area contributed by atoms with Crippen molar-refractivity contribution in [3.05, 3.63) is 94.5 Å². The topological polar surface area (TPSA) is 96.0 Å². The van der Waals surface area contributed by atoms with Crippen LogP contribution in [0.25, 0.3) is 0 Å². The minimum absolute atomic E-state index is 0.0831. The number of allylic oxidation sites excluding steroid dienone is 4. The summed E-state index contributed by atoms with van der Waals surface area (Å²) in [4.78, 5) is 50.6. The summed E-state index contributed by atoms with van der Waals surface area (Å²) in [6.45, 7) is 1.70. The third-order valence-electron chi connectivity index (χ3n) is 4.17. The van der Waals surface area contributed by atoms with Gasteiger partial charge in [-0.05, 0) is 54.8 Å². The van der Waals surface area contributed by atoms with Crippen LogP contribution in [0.15, 0.2) is 77.8 Å². The lowest BCUT2D eigenvalue weighted by Crippen LogP contribution is -2.46. The second kappa shape index (κ2) is 10.2. The molecule has 0 radical (unpaired) electrons. The van der Waals surface area contributed by atoms with Crippen LogP contribution in [-0.2, 0) is 4.74 Å². The Hall–Kier alpha value is -3.98. The van der Waals surface area contributed by atoms with E-state index in [9.17, 15) is 19.2 Å². The lowest BCUT2D eigenvalue weighted by Gasteiger charge is -2.20. The number of esters is 1. The quantitative estimate of drug-likeness (QED) is 0.447. The van der Waals surface area contributed by atoms with Crippen molar-refractivity contribution in [2.45, 2.75) is 6.92 Å². The summed E-state index contributed by atoms with van der Waals surface area (Å²) in [5.41, 5.74) is 3.28. The average molecular weight is 437 g/mol. The van der Waals surface area contributed by atoms with Crippen molar-refractivity contribution in [1.29, 1.82) is 0 Å². The van der Waals surface area contributed by atoms with Gasteiger partial charge in [0.2, 0.25) is 0 Å². The Bertz CT molecular complexity index is 1040. The molecule has 3 amide bonds. The van der Waals surface area contributed by atoms with Gasteiger partial charge in [0.1, 0.15) is 0 Å². The number of carbonyl (C=O) groups is 4. The van der Waals surface area contributed by atoms with E-state index in [0.717, 1.165) is 5.01 Å². The number of amides is 3. The molecule has 0 fully saturated rings. The first-order chi connectivity index (χ1) is 15.0. The van der Waals surface area contributed by atoms with Gasteiger partial charge < -0.3 is 4.74 Å². The second-order valence-corrected chi connectivity index (χ2v) is 6.99. The van der Waals surface area contributed by atoms with E-state index in [2.05, 4.69) is 5.43 Å². The Morgan fingerprint density at radius 2 is 1.58 bits per heavy atom. The molecule has 0 aliphatic carbocycles. The van der Waals surface area contributed by atoms with Gasteiger partial charge in [-0.25, -0.2) is 14.6 Å². The summed E-state index contributed by atoms with van der Waals surface area (Å²) in [5, 5.41) is 4.14. The first kappa shape index (κ1) is 21.7. The number of carbonyl (C=O) groups excluding carboxylic acids is 4. The van der Waals surface area contributed by atoms with Crippen LogP contribution in [0.3, 0.4) is 0 Å². The molecule has 9 heteroatoms. The van der Waals surface area contributed by atoms with E-state index >= 15 is 0 Å². The summed E-state index contributed by atoms with van der Waals surface area (Å²) in [6, 6.07) is 7.52. The number of hydrazine groups is 1. The maximum atomic E-state index is 12.5. The van der Waals surface area contributed by atoms with Crippen molar-refractivity contribution >= 4 is 35.2 Å². The maximum Gasteiger partial charge on any atom is 0.436 e. The number of nitrogens with one attached hydrogen (secondary N) is 1. The van der Waals surface area contributed by atoms with Crippen LogP contribution in [-0.4, -0.2) is 40.3 Å². The van der Waals surface area contributed by atoms with E-state index < -0.39 is 18.0 Å². The highest BCUT2D eigenvalue weighted by molar-refractivity contribution is 7.08. The van der Waals surface area contributed by atoms with Crippen molar-refractivity contribution < 1.29 is 23.9 Å². The second-order valence-electron chi connectivity index (χ2n) is 6.21. The van der Waals surface area contributed by atoms with Crippen LogP contribution >= 0.6 is 11.3 Å². The van der Waals surface area contributed by atoms with Crippen LogP contribution in [0.1, 0.15) is 38.0 Å². The largest absolute Gasteiger partial charge is 0.436 e. The fourth-order valence-electron chi connectivity index (χ4n) is 2.53. The molecule has 31 heavy (non-hydrogen) atoms. The lowest BCUT2D eigenvalue weighted by atomic mass is 10.1. The zero-order valence-electron chi connectivity index (χ0n) is 16.6. The van der Waals surface area contributed by atoms with E-state index in [1.807, 2.05) is 0 Å². The van der Waals surface area contributed by atoms with Crippen LogP contribution < -0.4 is 5.43 Å². The lowest BCUT2D eigenvalue weighted by molar-refractivity contribution is 0.0471. The maximum absolute atomic E-state index is 12.5. The standard InChI is InChI=1S/C22H19N3O5S/c1-2-25(22(29)30-21(28)18-11-14-31-15-18)23-19(26)16-7-9-17(10-8-16)20(27)24-12-5-3-4-6-13-24/h3-15H,2H2,1H3,(H,23,26). The number of hydrogen-bond acceptors (Lipinski definition) is 6. The molecule has 3 rings (SSSR count). The highest BCUT2D eigenvalue weighted by Gasteiger charge is 2.21. The average Bonchev–Trinajstić information content (AvgIpc) is 3.19. The van der Waals surface area contributed by atoms with E-state index in [1.165, 1.54) is 46.6 Å². The van der Waals surface area contributed by atoms with Gasteiger partial charge in [0, 0.05) is 35.5 Å².